The first kappa shape index (κ1) is 14.7. The second-order valence-corrected chi connectivity index (χ2v) is 5.49. The van der Waals surface area contributed by atoms with Crippen molar-refractivity contribution in [2.45, 2.75) is 26.2 Å². The summed E-state index contributed by atoms with van der Waals surface area (Å²) in [7, 11) is 0. The molecule has 1 amide bonds. The van der Waals surface area contributed by atoms with Crippen LogP contribution in [0.1, 0.15) is 22.6 Å². The van der Waals surface area contributed by atoms with Gasteiger partial charge >= 0.3 is 0 Å². The van der Waals surface area contributed by atoms with Gasteiger partial charge in [0, 0.05) is 24.3 Å². The molecule has 0 unspecified atom stereocenters. The standard InChI is InChI=1S/C15H17FN2OS/c1-11-14(20-10-18-11)8-9-17-15(19)7-6-12-4-2-3-5-13(12)16/h2-5,10H,6-9H2,1H3,(H,17,19). The number of thiazole rings is 1. The summed E-state index contributed by atoms with van der Waals surface area (Å²) in [6.07, 6.45) is 1.53. The maximum atomic E-state index is 13.4. The molecule has 2 aromatic rings. The van der Waals surface area contributed by atoms with Gasteiger partial charge in [0.15, 0.2) is 0 Å². The quantitative estimate of drug-likeness (QED) is 0.889. The SMILES string of the molecule is Cc1ncsc1CCNC(=O)CCc1ccccc1F. The predicted molar refractivity (Wildman–Crippen MR) is 78.3 cm³/mol. The highest BCUT2D eigenvalue weighted by Gasteiger charge is 2.06. The summed E-state index contributed by atoms with van der Waals surface area (Å²) in [5, 5.41) is 2.86. The van der Waals surface area contributed by atoms with E-state index < -0.39 is 0 Å². The first-order valence-electron chi connectivity index (χ1n) is 6.56. The number of carbonyl (C=O) groups is 1. The highest BCUT2D eigenvalue weighted by atomic mass is 32.1. The van der Waals surface area contributed by atoms with Crippen LogP contribution in [-0.4, -0.2) is 17.4 Å². The van der Waals surface area contributed by atoms with Crippen LogP contribution >= 0.6 is 11.3 Å². The molecule has 0 saturated carbocycles. The minimum Gasteiger partial charge on any atom is -0.356 e. The molecular formula is C15H17FN2OS. The third-order valence-electron chi connectivity index (χ3n) is 3.10. The Morgan fingerprint density at radius 1 is 1.35 bits per heavy atom. The molecule has 3 nitrogen and oxygen atoms in total. The fraction of sp³-hybridized carbons (Fsp3) is 0.333. The number of amides is 1. The van der Waals surface area contributed by atoms with Gasteiger partial charge in [0.1, 0.15) is 5.82 Å². The molecule has 20 heavy (non-hydrogen) atoms. The molecule has 0 aliphatic heterocycles. The van der Waals surface area contributed by atoms with Crippen molar-refractivity contribution in [3.05, 3.63) is 51.7 Å². The molecule has 0 radical (unpaired) electrons. The van der Waals surface area contributed by atoms with Crippen LogP contribution < -0.4 is 5.32 Å². The monoisotopic (exact) mass is 292 g/mol. The molecule has 5 heteroatoms. The van der Waals surface area contributed by atoms with Gasteiger partial charge in [0.2, 0.25) is 5.91 Å². The zero-order valence-electron chi connectivity index (χ0n) is 11.4. The molecule has 2 rings (SSSR count). The molecule has 106 valence electrons. The maximum absolute atomic E-state index is 13.4. The summed E-state index contributed by atoms with van der Waals surface area (Å²) in [4.78, 5) is 17.1. The van der Waals surface area contributed by atoms with Crippen molar-refractivity contribution in [1.29, 1.82) is 0 Å². The van der Waals surface area contributed by atoms with Crippen LogP contribution in [-0.2, 0) is 17.6 Å². The summed E-state index contributed by atoms with van der Waals surface area (Å²) in [5.74, 6) is -0.295. The van der Waals surface area contributed by atoms with Crippen LogP contribution in [0.2, 0.25) is 0 Å². The zero-order valence-corrected chi connectivity index (χ0v) is 12.2. The Labute approximate surface area is 121 Å². The van der Waals surface area contributed by atoms with Gasteiger partial charge in [-0.05, 0) is 25.0 Å². The van der Waals surface area contributed by atoms with Crippen molar-refractivity contribution in [3.63, 3.8) is 0 Å². The summed E-state index contributed by atoms with van der Waals surface area (Å²) in [5.41, 5.74) is 3.42. The normalized spacial score (nSPS) is 10.5. The Hall–Kier alpha value is -1.75. The lowest BCUT2D eigenvalue weighted by Gasteiger charge is -2.05. The Kier molecular flexibility index (Phi) is 5.24. The number of benzene rings is 1. The lowest BCUT2D eigenvalue weighted by Crippen LogP contribution is -2.25. The minimum absolute atomic E-state index is 0.0459. The molecular weight excluding hydrogens is 275 g/mol. The van der Waals surface area contributed by atoms with Gasteiger partial charge in [0.05, 0.1) is 11.2 Å². The molecule has 0 fully saturated rings. The molecule has 0 spiro atoms. The number of carbonyl (C=O) groups excluding carboxylic acids is 1. The fourth-order valence-corrected chi connectivity index (χ4v) is 2.70. The lowest BCUT2D eigenvalue weighted by molar-refractivity contribution is -0.121. The van der Waals surface area contributed by atoms with E-state index in [1.54, 1.807) is 29.5 Å². The number of aromatic nitrogens is 1. The molecule has 1 aromatic heterocycles. The van der Waals surface area contributed by atoms with Crippen molar-refractivity contribution in [1.82, 2.24) is 10.3 Å². The van der Waals surface area contributed by atoms with Gasteiger partial charge in [-0.2, -0.15) is 0 Å². The van der Waals surface area contributed by atoms with Crippen molar-refractivity contribution in [3.8, 4) is 0 Å². The second kappa shape index (κ2) is 7.14. The summed E-state index contributed by atoms with van der Waals surface area (Å²) >= 11 is 1.60. The number of nitrogens with one attached hydrogen (secondary N) is 1. The maximum Gasteiger partial charge on any atom is 0.220 e. The van der Waals surface area contributed by atoms with Crippen LogP contribution in [0.5, 0.6) is 0 Å². The van der Waals surface area contributed by atoms with Crippen molar-refractivity contribution < 1.29 is 9.18 Å². The first-order valence-corrected chi connectivity index (χ1v) is 7.44. The number of hydrogen-bond acceptors (Lipinski definition) is 3. The molecule has 1 aromatic carbocycles. The number of halogens is 1. The summed E-state index contributed by atoms with van der Waals surface area (Å²) < 4.78 is 13.4. The van der Waals surface area contributed by atoms with E-state index in [1.165, 1.54) is 10.9 Å². The lowest BCUT2D eigenvalue weighted by atomic mass is 10.1. The number of nitrogens with zero attached hydrogens (tertiary/aromatic N) is 1. The largest absolute Gasteiger partial charge is 0.356 e. The Morgan fingerprint density at radius 3 is 2.85 bits per heavy atom. The van der Waals surface area contributed by atoms with Crippen LogP contribution in [0.4, 0.5) is 4.39 Å². The molecule has 0 atom stereocenters. The van der Waals surface area contributed by atoms with E-state index >= 15 is 0 Å². The van der Waals surface area contributed by atoms with Gasteiger partial charge in [0.25, 0.3) is 0 Å². The number of rotatable bonds is 6. The van der Waals surface area contributed by atoms with Crippen LogP contribution in [0, 0.1) is 12.7 Å². The average Bonchev–Trinajstić information content (AvgIpc) is 2.84. The van der Waals surface area contributed by atoms with Crippen LogP contribution in [0.3, 0.4) is 0 Å². The van der Waals surface area contributed by atoms with E-state index in [2.05, 4.69) is 10.3 Å². The highest BCUT2D eigenvalue weighted by molar-refractivity contribution is 7.09. The third-order valence-corrected chi connectivity index (χ3v) is 4.09. The van der Waals surface area contributed by atoms with Gasteiger partial charge in [-0.25, -0.2) is 9.37 Å². The van der Waals surface area contributed by atoms with Crippen molar-refractivity contribution >= 4 is 17.2 Å². The number of aryl methyl sites for hydroxylation is 2. The predicted octanol–water partition coefficient (Wildman–Crippen LogP) is 2.88. The van der Waals surface area contributed by atoms with E-state index in [4.69, 9.17) is 0 Å². The summed E-state index contributed by atoms with van der Waals surface area (Å²) in [6, 6.07) is 6.56. The first-order chi connectivity index (χ1) is 9.66. The topological polar surface area (TPSA) is 42.0 Å². The van der Waals surface area contributed by atoms with Crippen LogP contribution in [0.15, 0.2) is 29.8 Å². The minimum atomic E-state index is -0.249. The van der Waals surface area contributed by atoms with Gasteiger partial charge in [-0.3, -0.25) is 4.79 Å². The molecule has 1 heterocycles. The number of hydrogen-bond donors (Lipinski definition) is 1. The fourth-order valence-electron chi connectivity index (χ4n) is 1.92. The van der Waals surface area contributed by atoms with E-state index in [-0.39, 0.29) is 11.7 Å². The molecule has 0 aliphatic rings. The van der Waals surface area contributed by atoms with E-state index in [9.17, 15) is 9.18 Å². The van der Waals surface area contributed by atoms with E-state index in [1.807, 2.05) is 12.4 Å². The van der Waals surface area contributed by atoms with E-state index in [0.29, 0.717) is 24.9 Å². The third kappa shape index (κ3) is 4.13. The molecule has 0 aliphatic carbocycles. The van der Waals surface area contributed by atoms with E-state index in [0.717, 1.165) is 12.1 Å². The molecule has 1 N–H and O–H groups in total. The van der Waals surface area contributed by atoms with Gasteiger partial charge in [-0.15, -0.1) is 11.3 Å². The Morgan fingerprint density at radius 2 is 2.15 bits per heavy atom. The van der Waals surface area contributed by atoms with Gasteiger partial charge < -0.3 is 5.32 Å². The Bertz CT molecular complexity index is 583. The second-order valence-electron chi connectivity index (χ2n) is 4.55. The smallest absolute Gasteiger partial charge is 0.220 e. The summed E-state index contributed by atoms with van der Waals surface area (Å²) in [6.45, 7) is 2.56. The molecule has 0 saturated heterocycles. The molecule has 0 bridgehead atoms. The highest BCUT2D eigenvalue weighted by Crippen LogP contribution is 2.12. The van der Waals surface area contributed by atoms with Gasteiger partial charge in [-0.1, -0.05) is 18.2 Å². The van der Waals surface area contributed by atoms with Crippen molar-refractivity contribution in [2.75, 3.05) is 6.54 Å². The Balaban J connectivity index is 1.71. The van der Waals surface area contributed by atoms with Crippen molar-refractivity contribution in [2.24, 2.45) is 0 Å². The van der Waals surface area contributed by atoms with Crippen LogP contribution in [0.25, 0.3) is 0 Å². The average molecular weight is 292 g/mol. The zero-order chi connectivity index (χ0) is 14.4.